The van der Waals surface area contributed by atoms with Gasteiger partial charge < -0.3 is 5.32 Å². The van der Waals surface area contributed by atoms with Gasteiger partial charge in [-0.15, -0.1) is 0 Å². The van der Waals surface area contributed by atoms with Crippen LogP contribution in [-0.2, 0) is 9.59 Å². The molecule has 0 radical (unpaired) electrons. The molecule has 3 aliphatic rings. The number of aromatic nitrogens is 1. The van der Waals surface area contributed by atoms with Crippen molar-refractivity contribution in [3.63, 3.8) is 0 Å². The molecule has 4 amide bonds. The lowest BCUT2D eigenvalue weighted by Crippen LogP contribution is -2.51. The summed E-state index contributed by atoms with van der Waals surface area (Å²) in [7, 11) is 0. The third-order valence-electron chi connectivity index (χ3n) is 5.14. The number of fused-ring (bicyclic) bond motifs is 5. The zero-order chi connectivity index (χ0) is 16.8. The van der Waals surface area contributed by atoms with Crippen molar-refractivity contribution < 1.29 is 14.4 Å². The van der Waals surface area contributed by atoms with Crippen LogP contribution in [0.4, 0.5) is 10.6 Å². The van der Waals surface area contributed by atoms with Gasteiger partial charge in [-0.3, -0.25) is 19.8 Å². The maximum Gasteiger partial charge on any atom is 0.322 e. The molecule has 0 spiro atoms. The number of pyridine rings is 1. The first-order valence-corrected chi connectivity index (χ1v) is 8.10. The summed E-state index contributed by atoms with van der Waals surface area (Å²) in [5.74, 6) is -0.126. The maximum absolute atomic E-state index is 12.7. The predicted molar refractivity (Wildman–Crippen MR) is 85.4 cm³/mol. The molecular weight excluding hydrogens is 308 g/mol. The summed E-state index contributed by atoms with van der Waals surface area (Å²) < 4.78 is 0. The second kappa shape index (κ2) is 5.43. The van der Waals surface area contributed by atoms with E-state index in [9.17, 15) is 14.4 Å². The second-order valence-corrected chi connectivity index (χ2v) is 6.54. The minimum absolute atomic E-state index is 0.163. The molecule has 1 aromatic heterocycles. The van der Waals surface area contributed by atoms with Gasteiger partial charge in [0.2, 0.25) is 11.8 Å². The normalized spacial score (nSPS) is 31.3. The Morgan fingerprint density at radius 3 is 2.46 bits per heavy atom. The summed E-state index contributed by atoms with van der Waals surface area (Å²) in [6, 6.07) is 4.65. The predicted octanol–water partition coefficient (Wildman–Crippen LogP) is 1.36. The highest BCUT2D eigenvalue weighted by molar-refractivity contribution is 6.07. The molecule has 0 aromatic carbocycles. The number of urea groups is 1. The minimum Gasteiger partial charge on any atom is -0.317 e. The zero-order valence-corrected chi connectivity index (χ0v) is 13.2. The van der Waals surface area contributed by atoms with Gasteiger partial charge in [0.05, 0.1) is 11.8 Å². The highest BCUT2D eigenvalue weighted by atomic mass is 16.2. The molecule has 2 bridgehead atoms. The minimum atomic E-state index is -0.696. The molecule has 2 heterocycles. The van der Waals surface area contributed by atoms with Crippen LogP contribution in [0.15, 0.2) is 36.5 Å². The number of carbonyl (C=O) groups excluding carboxylic acids is 3. The van der Waals surface area contributed by atoms with E-state index in [1.54, 1.807) is 31.3 Å². The summed E-state index contributed by atoms with van der Waals surface area (Å²) in [6.45, 7) is 1.64. The molecule has 2 aliphatic carbocycles. The molecule has 1 saturated carbocycles. The van der Waals surface area contributed by atoms with Gasteiger partial charge in [0, 0.05) is 6.20 Å². The van der Waals surface area contributed by atoms with Gasteiger partial charge in [0.15, 0.2) is 0 Å². The van der Waals surface area contributed by atoms with Crippen molar-refractivity contribution in [2.45, 2.75) is 19.5 Å². The lowest BCUT2D eigenvalue weighted by Gasteiger charge is -2.25. The molecule has 2 N–H and O–H groups in total. The number of anilines is 1. The largest absolute Gasteiger partial charge is 0.322 e. The Bertz CT molecular complexity index is 703. The van der Waals surface area contributed by atoms with Gasteiger partial charge in [-0.05, 0) is 37.3 Å². The molecule has 4 rings (SSSR count). The van der Waals surface area contributed by atoms with Crippen molar-refractivity contribution in [2.24, 2.45) is 23.7 Å². The Kier molecular flexibility index (Phi) is 3.37. The molecule has 7 heteroatoms. The Morgan fingerprint density at radius 1 is 1.21 bits per heavy atom. The van der Waals surface area contributed by atoms with E-state index in [1.165, 1.54) is 4.90 Å². The molecular formula is C17H18N4O3. The molecule has 5 atom stereocenters. The smallest absolute Gasteiger partial charge is 0.317 e. The summed E-state index contributed by atoms with van der Waals surface area (Å²) in [5.41, 5.74) is 0. The van der Waals surface area contributed by atoms with Crippen LogP contribution in [0.3, 0.4) is 0 Å². The van der Waals surface area contributed by atoms with Crippen LogP contribution in [0, 0.1) is 23.7 Å². The first-order valence-electron chi connectivity index (χ1n) is 8.10. The van der Waals surface area contributed by atoms with Crippen LogP contribution in [-0.4, -0.2) is 33.9 Å². The number of allylic oxidation sites excluding steroid dienone is 2. The number of hydrogen-bond acceptors (Lipinski definition) is 4. The Morgan fingerprint density at radius 2 is 1.88 bits per heavy atom. The Labute approximate surface area is 139 Å². The quantitative estimate of drug-likeness (QED) is 0.648. The van der Waals surface area contributed by atoms with Gasteiger partial charge >= 0.3 is 6.03 Å². The number of imide groups is 1. The van der Waals surface area contributed by atoms with Gasteiger partial charge in [-0.25, -0.2) is 9.78 Å². The molecule has 1 saturated heterocycles. The highest BCUT2D eigenvalue weighted by Crippen LogP contribution is 2.52. The number of nitrogens with one attached hydrogen (secondary N) is 2. The Balaban J connectivity index is 1.44. The van der Waals surface area contributed by atoms with E-state index in [0.717, 1.165) is 6.42 Å². The SMILES string of the molecule is C[C@@H](NC(=O)Nc1ccccn1)N1C(=O)[C@@H]2[C@H](C1=O)[C@H]1C=C[C@H]2C1. The van der Waals surface area contributed by atoms with E-state index in [4.69, 9.17) is 0 Å². The lowest BCUT2D eigenvalue weighted by atomic mass is 9.85. The lowest BCUT2D eigenvalue weighted by molar-refractivity contribution is -0.143. The summed E-state index contributed by atoms with van der Waals surface area (Å²) in [5, 5.41) is 5.23. The monoisotopic (exact) mass is 326 g/mol. The van der Waals surface area contributed by atoms with Crippen molar-refractivity contribution in [1.82, 2.24) is 15.2 Å². The van der Waals surface area contributed by atoms with Crippen molar-refractivity contribution in [3.05, 3.63) is 36.5 Å². The number of carbonyl (C=O) groups is 3. The van der Waals surface area contributed by atoms with Crippen LogP contribution < -0.4 is 10.6 Å². The average molecular weight is 326 g/mol. The standard InChI is InChI=1S/C17H18N4O3/c1-9(19-17(24)20-12-4-2-3-7-18-12)21-15(22)13-10-5-6-11(8-10)14(13)16(21)23/h2-7,9-11,13-14H,8H2,1H3,(H2,18,19,20,24)/t9-,10-,11-,13-,14+/m0/s1. The molecule has 1 aliphatic heterocycles. The Hall–Kier alpha value is -2.70. The first-order chi connectivity index (χ1) is 11.6. The number of amides is 4. The van der Waals surface area contributed by atoms with E-state index in [2.05, 4.69) is 15.6 Å². The number of hydrogen-bond donors (Lipinski definition) is 2. The van der Waals surface area contributed by atoms with Crippen molar-refractivity contribution in [1.29, 1.82) is 0 Å². The molecule has 2 fully saturated rings. The molecule has 0 unspecified atom stereocenters. The average Bonchev–Trinajstić information content (AvgIpc) is 3.22. The second-order valence-electron chi connectivity index (χ2n) is 6.54. The maximum atomic E-state index is 12.7. The van der Waals surface area contributed by atoms with Crippen molar-refractivity contribution in [2.75, 3.05) is 5.32 Å². The third kappa shape index (κ3) is 2.19. The van der Waals surface area contributed by atoms with Gasteiger partial charge in [-0.1, -0.05) is 18.2 Å². The summed E-state index contributed by atoms with van der Waals surface area (Å²) in [6.07, 6.45) is 5.86. The van der Waals surface area contributed by atoms with E-state index in [-0.39, 0.29) is 35.5 Å². The third-order valence-corrected chi connectivity index (χ3v) is 5.14. The summed E-state index contributed by atoms with van der Waals surface area (Å²) in [4.78, 5) is 42.6. The van der Waals surface area contributed by atoms with Crippen molar-refractivity contribution >= 4 is 23.7 Å². The fraction of sp³-hybridized carbons (Fsp3) is 0.412. The van der Waals surface area contributed by atoms with E-state index in [1.807, 2.05) is 12.2 Å². The van der Waals surface area contributed by atoms with Crippen LogP contribution >= 0.6 is 0 Å². The molecule has 24 heavy (non-hydrogen) atoms. The molecule has 1 aromatic rings. The van der Waals surface area contributed by atoms with E-state index in [0.29, 0.717) is 5.82 Å². The van der Waals surface area contributed by atoms with Gasteiger partial charge in [-0.2, -0.15) is 0 Å². The number of likely N-dealkylation sites (tertiary alicyclic amines) is 1. The van der Waals surface area contributed by atoms with Crippen LogP contribution in [0.5, 0.6) is 0 Å². The summed E-state index contributed by atoms with van der Waals surface area (Å²) >= 11 is 0. The van der Waals surface area contributed by atoms with Gasteiger partial charge in [0.25, 0.3) is 0 Å². The molecule has 7 nitrogen and oxygen atoms in total. The van der Waals surface area contributed by atoms with Crippen molar-refractivity contribution in [3.8, 4) is 0 Å². The van der Waals surface area contributed by atoms with Crippen LogP contribution in [0.25, 0.3) is 0 Å². The van der Waals surface area contributed by atoms with Crippen LogP contribution in [0.1, 0.15) is 13.3 Å². The topological polar surface area (TPSA) is 91.4 Å². The zero-order valence-electron chi connectivity index (χ0n) is 13.2. The first kappa shape index (κ1) is 14.9. The fourth-order valence-corrected chi connectivity index (χ4v) is 4.15. The van der Waals surface area contributed by atoms with E-state index < -0.39 is 12.2 Å². The van der Waals surface area contributed by atoms with E-state index >= 15 is 0 Å². The molecule has 124 valence electrons. The van der Waals surface area contributed by atoms with Gasteiger partial charge in [0.1, 0.15) is 12.0 Å². The fourth-order valence-electron chi connectivity index (χ4n) is 4.15. The van der Waals surface area contributed by atoms with Crippen LogP contribution in [0.2, 0.25) is 0 Å². The highest BCUT2D eigenvalue weighted by Gasteiger charge is 2.60. The number of nitrogens with zero attached hydrogens (tertiary/aromatic N) is 2. The number of rotatable bonds is 3.